The summed E-state index contributed by atoms with van der Waals surface area (Å²) in [6, 6.07) is 0.977. The van der Waals surface area contributed by atoms with Gasteiger partial charge in [-0.1, -0.05) is 13.0 Å². The monoisotopic (exact) mass is 211 g/mol. The Morgan fingerprint density at radius 1 is 1.47 bits per heavy atom. The van der Waals surface area contributed by atoms with Crippen molar-refractivity contribution in [2.24, 2.45) is 0 Å². The zero-order valence-electron chi connectivity index (χ0n) is 10.4. The Kier molecular flexibility index (Phi) is 5.29. The first-order chi connectivity index (χ1) is 7.19. The Morgan fingerprint density at radius 2 is 2.20 bits per heavy atom. The van der Waals surface area contributed by atoms with Crippen molar-refractivity contribution in [1.82, 2.24) is 15.1 Å². The molecule has 3 heteroatoms. The van der Waals surface area contributed by atoms with E-state index in [-0.39, 0.29) is 0 Å². The molecule has 0 bridgehead atoms. The zero-order valence-corrected chi connectivity index (χ0v) is 10.4. The topological polar surface area (TPSA) is 18.5 Å². The largest absolute Gasteiger partial charge is 0.309 e. The molecule has 1 aliphatic rings. The highest BCUT2D eigenvalue weighted by Crippen LogP contribution is 2.10. The van der Waals surface area contributed by atoms with E-state index in [4.69, 9.17) is 0 Å². The Morgan fingerprint density at radius 3 is 2.80 bits per heavy atom. The molecule has 88 valence electrons. The van der Waals surface area contributed by atoms with E-state index >= 15 is 0 Å². The summed E-state index contributed by atoms with van der Waals surface area (Å²) in [5.41, 5.74) is 0. The Bertz CT molecular complexity index is 193. The van der Waals surface area contributed by atoms with Gasteiger partial charge >= 0.3 is 0 Å². The summed E-state index contributed by atoms with van der Waals surface area (Å²) in [5.74, 6) is 0. The van der Waals surface area contributed by atoms with Crippen molar-refractivity contribution < 1.29 is 0 Å². The molecule has 1 fully saturated rings. The fourth-order valence-electron chi connectivity index (χ4n) is 2.12. The van der Waals surface area contributed by atoms with E-state index in [9.17, 15) is 0 Å². The average molecular weight is 211 g/mol. The summed E-state index contributed by atoms with van der Waals surface area (Å²) in [7, 11) is 4.40. The molecule has 2 atom stereocenters. The van der Waals surface area contributed by atoms with Crippen LogP contribution in [0.15, 0.2) is 12.7 Å². The minimum Gasteiger partial charge on any atom is -0.309 e. The average Bonchev–Trinajstić information content (AvgIpc) is 2.24. The van der Waals surface area contributed by atoms with Gasteiger partial charge in [-0.2, -0.15) is 0 Å². The van der Waals surface area contributed by atoms with Gasteiger partial charge in [0.2, 0.25) is 0 Å². The summed E-state index contributed by atoms with van der Waals surface area (Å²) >= 11 is 0. The third kappa shape index (κ3) is 3.59. The molecule has 1 heterocycles. The number of piperazine rings is 1. The van der Waals surface area contributed by atoms with Crippen LogP contribution >= 0.6 is 0 Å². The maximum absolute atomic E-state index is 3.94. The Hall–Kier alpha value is -0.380. The number of rotatable bonds is 5. The molecule has 0 aromatic rings. The van der Waals surface area contributed by atoms with Crippen LogP contribution in [0.25, 0.3) is 0 Å². The zero-order chi connectivity index (χ0) is 11.3. The highest BCUT2D eigenvalue weighted by molar-refractivity contribution is 4.98. The summed E-state index contributed by atoms with van der Waals surface area (Å²) in [6.07, 6.45) is 3.23. The standard InChI is InChI=1S/C12H25N3/c1-5-7-13-11(6-2)12-10-14(3)8-9-15(12)4/h6,11-13H,2,5,7-10H2,1,3-4H3. The number of nitrogens with zero attached hydrogens (tertiary/aromatic N) is 2. The van der Waals surface area contributed by atoms with Gasteiger partial charge in [0.25, 0.3) is 0 Å². The normalized spacial score (nSPS) is 26.5. The number of hydrogen-bond donors (Lipinski definition) is 1. The van der Waals surface area contributed by atoms with E-state index in [0.717, 1.165) is 19.6 Å². The Labute approximate surface area is 94.1 Å². The number of likely N-dealkylation sites (N-methyl/N-ethyl adjacent to an activating group) is 2. The second-order valence-electron chi connectivity index (χ2n) is 4.53. The minimum atomic E-state index is 0.415. The van der Waals surface area contributed by atoms with Crippen molar-refractivity contribution in [2.45, 2.75) is 25.4 Å². The Balaban J connectivity index is 2.52. The summed E-state index contributed by atoms with van der Waals surface area (Å²) in [5, 5.41) is 3.55. The van der Waals surface area contributed by atoms with Crippen LogP contribution in [0.3, 0.4) is 0 Å². The SMILES string of the molecule is C=CC(NCCC)C1CN(C)CCN1C. The maximum atomic E-state index is 3.94. The van der Waals surface area contributed by atoms with Gasteiger partial charge in [0.1, 0.15) is 0 Å². The third-order valence-electron chi connectivity index (χ3n) is 3.20. The smallest absolute Gasteiger partial charge is 0.0417 e. The maximum Gasteiger partial charge on any atom is 0.0417 e. The van der Waals surface area contributed by atoms with Gasteiger partial charge in [0, 0.05) is 31.7 Å². The van der Waals surface area contributed by atoms with E-state index in [1.165, 1.54) is 13.0 Å². The molecule has 1 N–H and O–H groups in total. The second-order valence-corrected chi connectivity index (χ2v) is 4.53. The van der Waals surface area contributed by atoms with Crippen LogP contribution in [-0.4, -0.2) is 62.2 Å². The highest BCUT2D eigenvalue weighted by Gasteiger charge is 2.27. The van der Waals surface area contributed by atoms with Gasteiger partial charge in [0.05, 0.1) is 0 Å². The first kappa shape index (κ1) is 12.7. The molecule has 0 radical (unpaired) electrons. The van der Waals surface area contributed by atoms with E-state index in [1.807, 2.05) is 0 Å². The lowest BCUT2D eigenvalue weighted by Crippen LogP contribution is -2.58. The first-order valence-corrected chi connectivity index (χ1v) is 5.93. The van der Waals surface area contributed by atoms with Crippen molar-refractivity contribution in [3.8, 4) is 0 Å². The van der Waals surface area contributed by atoms with Crippen molar-refractivity contribution in [3.05, 3.63) is 12.7 Å². The van der Waals surface area contributed by atoms with Crippen LogP contribution in [0, 0.1) is 0 Å². The van der Waals surface area contributed by atoms with Crippen molar-refractivity contribution in [1.29, 1.82) is 0 Å². The molecule has 0 saturated carbocycles. The minimum absolute atomic E-state index is 0.415. The molecule has 2 unspecified atom stereocenters. The predicted octanol–water partition coefficient (Wildman–Crippen LogP) is 0.786. The molecule has 0 spiro atoms. The van der Waals surface area contributed by atoms with Gasteiger partial charge in [-0.15, -0.1) is 6.58 Å². The van der Waals surface area contributed by atoms with Gasteiger partial charge < -0.3 is 10.2 Å². The molecule has 1 saturated heterocycles. The molecule has 3 nitrogen and oxygen atoms in total. The molecule has 0 aliphatic carbocycles. The van der Waals surface area contributed by atoms with Crippen molar-refractivity contribution >= 4 is 0 Å². The molecule has 1 aliphatic heterocycles. The molecule has 0 aromatic carbocycles. The van der Waals surface area contributed by atoms with Crippen LogP contribution in [0.5, 0.6) is 0 Å². The van der Waals surface area contributed by atoms with Gasteiger partial charge in [-0.05, 0) is 27.1 Å². The van der Waals surface area contributed by atoms with E-state index < -0.39 is 0 Å². The van der Waals surface area contributed by atoms with Crippen LogP contribution < -0.4 is 5.32 Å². The van der Waals surface area contributed by atoms with Gasteiger partial charge in [-0.3, -0.25) is 4.90 Å². The molecule has 0 amide bonds. The second kappa shape index (κ2) is 6.26. The fraction of sp³-hybridized carbons (Fsp3) is 0.833. The fourth-order valence-corrected chi connectivity index (χ4v) is 2.12. The third-order valence-corrected chi connectivity index (χ3v) is 3.20. The van der Waals surface area contributed by atoms with Crippen molar-refractivity contribution in [3.63, 3.8) is 0 Å². The van der Waals surface area contributed by atoms with Crippen molar-refractivity contribution in [2.75, 3.05) is 40.3 Å². The molecule has 15 heavy (non-hydrogen) atoms. The number of nitrogens with one attached hydrogen (secondary N) is 1. The van der Waals surface area contributed by atoms with Crippen LogP contribution in [0.1, 0.15) is 13.3 Å². The number of hydrogen-bond acceptors (Lipinski definition) is 3. The van der Waals surface area contributed by atoms with E-state index in [2.05, 4.69) is 48.8 Å². The quantitative estimate of drug-likeness (QED) is 0.678. The van der Waals surface area contributed by atoms with Gasteiger partial charge in [-0.25, -0.2) is 0 Å². The highest BCUT2D eigenvalue weighted by atomic mass is 15.3. The molecular weight excluding hydrogens is 186 g/mol. The molecule has 1 rings (SSSR count). The van der Waals surface area contributed by atoms with Crippen LogP contribution in [0.2, 0.25) is 0 Å². The summed E-state index contributed by atoms with van der Waals surface area (Å²) in [4.78, 5) is 4.84. The summed E-state index contributed by atoms with van der Waals surface area (Å²) < 4.78 is 0. The lowest BCUT2D eigenvalue weighted by Gasteiger charge is -2.41. The summed E-state index contributed by atoms with van der Waals surface area (Å²) in [6.45, 7) is 10.7. The lowest BCUT2D eigenvalue weighted by molar-refractivity contribution is 0.0986. The van der Waals surface area contributed by atoms with Crippen LogP contribution in [0.4, 0.5) is 0 Å². The van der Waals surface area contributed by atoms with Gasteiger partial charge in [0.15, 0.2) is 0 Å². The molecular formula is C12H25N3. The first-order valence-electron chi connectivity index (χ1n) is 5.93. The van der Waals surface area contributed by atoms with E-state index in [0.29, 0.717) is 12.1 Å². The molecule has 0 aromatic heterocycles. The predicted molar refractivity (Wildman–Crippen MR) is 66.2 cm³/mol. The van der Waals surface area contributed by atoms with E-state index in [1.54, 1.807) is 0 Å². The van der Waals surface area contributed by atoms with Crippen LogP contribution in [-0.2, 0) is 0 Å². The lowest BCUT2D eigenvalue weighted by atomic mass is 10.0.